The van der Waals surface area contributed by atoms with E-state index < -0.39 is 0 Å². The van der Waals surface area contributed by atoms with Gasteiger partial charge in [0.2, 0.25) is 0 Å². The Morgan fingerprint density at radius 2 is 2.00 bits per heavy atom. The monoisotopic (exact) mass is 282 g/mol. The molecule has 0 saturated carbocycles. The number of para-hydroxylation sites is 1. The van der Waals surface area contributed by atoms with Gasteiger partial charge < -0.3 is 14.9 Å². The van der Waals surface area contributed by atoms with Crippen molar-refractivity contribution in [2.45, 2.75) is 6.42 Å². The van der Waals surface area contributed by atoms with Crippen molar-refractivity contribution in [3.63, 3.8) is 0 Å². The van der Waals surface area contributed by atoms with Crippen molar-refractivity contribution in [1.29, 1.82) is 0 Å². The van der Waals surface area contributed by atoms with Gasteiger partial charge >= 0.3 is 0 Å². The fourth-order valence-corrected chi connectivity index (χ4v) is 2.58. The van der Waals surface area contributed by atoms with Crippen LogP contribution >= 0.6 is 11.6 Å². The minimum absolute atomic E-state index is 0.0503. The fourth-order valence-electron chi connectivity index (χ4n) is 2.34. The van der Waals surface area contributed by atoms with Crippen LogP contribution < -0.4 is 0 Å². The summed E-state index contributed by atoms with van der Waals surface area (Å²) in [5.41, 5.74) is 0.383. The average molecular weight is 283 g/mol. The van der Waals surface area contributed by atoms with E-state index in [-0.39, 0.29) is 11.7 Å². The van der Waals surface area contributed by atoms with E-state index in [1.54, 1.807) is 24.3 Å². The van der Waals surface area contributed by atoms with Gasteiger partial charge in [0.25, 0.3) is 5.91 Å². The Morgan fingerprint density at radius 1 is 1.21 bits per heavy atom. The fraction of sp³-hybridized carbons (Fsp3) is 0.500. The molecule has 1 N–H and O–H groups in total. The van der Waals surface area contributed by atoms with Crippen LogP contribution in [0.2, 0.25) is 0 Å². The third-order valence-electron chi connectivity index (χ3n) is 3.41. The van der Waals surface area contributed by atoms with Crippen LogP contribution in [0.5, 0.6) is 5.75 Å². The summed E-state index contributed by atoms with van der Waals surface area (Å²) in [5.74, 6) is 0.577. The molecule has 1 aromatic rings. The average Bonchev–Trinajstić information content (AvgIpc) is 2.65. The zero-order valence-corrected chi connectivity index (χ0v) is 11.6. The Balaban J connectivity index is 2.02. The molecule has 0 spiro atoms. The molecule has 4 nitrogen and oxygen atoms in total. The number of carbonyl (C=O) groups is 1. The molecule has 0 radical (unpaired) electrons. The van der Waals surface area contributed by atoms with Gasteiger partial charge in [-0.3, -0.25) is 4.79 Å². The maximum Gasteiger partial charge on any atom is 0.257 e. The molecule has 1 amide bonds. The van der Waals surface area contributed by atoms with E-state index in [0.717, 1.165) is 32.6 Å². The Labute approximate surface area is 118 Å². The first-order chi connectivity index (χ1) is 9.22. The van der Waals surface area contributed by atoms with Gasteiger partial charge in [-0.1, -0.05) is 12.1 Å². The lowest BCUT2D eigenvalue weighted by Crippen LogP contribution is -2.35. The number of carbonyl (C=O) groups excluding carboxylic acids is 1. The number of rotatable bonds is 3. The van der Waals surface area contributed by atoms with Crippen LogP contribution in [-0.4, -0.2) is 59.4 Å². The van der Waals surface area contributed by atoms with Gasteiger partial charge in [0.05, 0.1) is 5.56 Å². The quantitative estimate of drug-likeness (QED) is 0.860. The van der Waals surface area contributed by atoms with Gasteiger partial charge in [-0.15, -0.1) is 11.6 Å². The van der Waals surface area contributed by atoms with Gasteiger partial charge in [-0.25, -0.2) is 0 Å². The molecule has 0 atom stereocenters. The van der Waals surface area contributed by atoms with Crippen LogP contribution in [0, 0.1) is 0 Å². The predicted molar refractivity (Wildman–Crippen MR) is 75.8 cm³/mol. The summed E-state index contributed by atoms with van der Waals surface area (Å²) in [7, 11) is 0. The molecule has 0 aliphatic carbocycles. The van der Waals surface area contributed by atoms with Crippen molar-refractivity contribution >= 4 is 17.5 Å². The van der Waals surface area contributed by atoms with Gasteiger partial charge in [0.1, 0.15) is 5.75 Å². The van der Waals surface area contributed by atoms with Crippen LogP contribution in [-0.2, 0) is 0 Å². The second-order valence-electron chi connectivity index (χ2n) is 4.69. The van der Waals surface area contributed by atoms with E-state index in [9.17, 15) is 9.90 Å². The van der Waals surface area contributed by atoms with Crippen LogP contribution in [0.25, 0.3) is 0 Å². The zero-order chi connectivity index (χ0) is 13.7. The van der Waals surface area contributed by atoms with Crippen LogP contribution in [0.3, 0.4) is 0 Å². The Morgan fingerprint density at radius 3 is 2.74 bits per heavy atom. The van der Waals surface area contributed by atoms with Gasteiger partial charge in [-0.05, 0) is 25.1 Å². The molecular weight excluding hydrogens is 264 g/mol. The smallest absolute Gasteiger partial charge is 0.257 e. The molecule has 104 valence electrons. The highest BCUT2D eigenvalue weighted by molar-refractivity contribution is 6.18. The van der Waals surface area contributed by atoms with Crippen molar-refractivity contribution in [2.24, 2.45) is 0 Å². The topological polar surface area (TPSA) is 43.8 Å². The van der Waals surface area contributed by atoms with Gasteiger partial charge in [0.15, 0.2) is 0 Å². The Kier molecular flexibility index (Phi) is 5.05. The molecule has 2 rings (SSSR count). The van der Waals surface area contributed by atoms with Crippen molar-refractivity contribution in [1.82, 2.24) is 9.80 Å². The molecule has 1 saturated heterocycles. The van der Waals surface area contributed by atoms with Crippen molar-refractivity contribution in [3.05, 3.63) is 29.8 Å². The molecule has 1 aliphatic heterocycles. The van der Waals surface area contributed by atoms with Crippen molar-refractivity contribution in [2.75, 3.05) is 38.6 Å². The number of amides is 1. The standard InChI is InChI=1S/C14H19ClN2O2/c15-6-9-16-7-3-8-17(11-10-16)14(19)12-4-1-2-5-13(12)18/h1-2,4-5,18H,3,6-11H2. The third kappa shape index (κ3) is 3.61. The first kappa shape index (κ1) is 14.2. The SMILES string of the molecule is O=C(c1ccccc1O)N1CCCN(CCCl)CC1. The molecule has 1 fully saturated rings. The number of phenols is 1. The normalized spacial score (nSPS) is 17.2. The second kappa shape index (κ2) is 6.78. The van der Waals surface area contributed by atoms with E-state index in [1.807, 2.05) is 4.90 Å². The van der Waals surface area contributed by atoms with Crippen LogP contribution in [0.1, 0.15) is 16.8 Å². The Hall–Kier alpha value is -1.26. The van der Waals surface area contributed by atoms with Crippen LogP contribution in [0.15, 0.2) is 24.3 Å². The van der Waals surface area contributed by atoms with E-state index in [2.05, 4.69) is 4.90 Å². The molecular formula is C14H19ClN2O2. The number of phenolic OH excluding ortho intramolecular Hbond substituents is 1. The summed E-state index contributed by atoms with van der Waals surface area (Å²) in [4.78, 5) is 16.4. The van der Waals surface area contributed by atoms with E-state index in [4.69, 9.17) is 11.6 Å². The summed E-state index contributed by atoms with van der Waals surface area (Å²) in [6.07, 6.45) is 0.941. The molecule has 0 aromatic heterocycles. The lowest BCUT2D eigenvalue weighted by Gasteiger charge is -2.21. The lowest BCUT2D eigenvalue weighted by atomic mass is 10.1. The van der Waals surface area contributed by atoms with E-state index in [1.165, 1.54) is 0 Å². The minimum atomic E-state index is -0.0918. The van der Waals surface area contributed by atoms with Gasteiger partial charge in [-0.2, -0.15) is 0 Å². The maximum atomic E-state index is 12.4. The van der Waals surface area contributed by atoms with Gasteiger partial charge in [0, 0.05) is 32.1 Å². The summed E-state index contributed by atoms with van der Waals surface area (Å²) in [6.45, 7) is 4.08. The minimum Gasteiger partial charge on any atom is -0.507 e. The summed E-state index contributed by atoms with van der Waals surface area (Å²) in [6, 6.07) is 6.70. The summed E-state index contributed by atoms with van der Waals surface area (Å²) < 4.78 is 0. The lowest BCUT2D eigenvalue weighted by molar-refractivity contribution is 0.0759. The van der Waals surface area contributed by atoms with E-state index in [0.29, 0.717) is 18.0 Å². The highest BCUT2D eigenvalue weighted by Gasteiger charge is 2.21. The number of hydrogen-bond donors (Lipinski definition) is 1. The number of aromatic hydroxyl groups is 1. The summed E-state index contributed by atoms with van der Waals surface area (Å²) >= 11 is 5.75. The molecule has 5 heteroatoms. The largest absolute Gasteiger partial charge is 0.507 e. The number of nitrogens with zero attached hydrogens (tertiary/aromatic N) is 2. The van der Waals surface area contributed by atoms with Crippen LogP contribution in [0.4, 0.5) is 0 Å². The molecule has 0 bridgehead atoms. The molecule has 1 heterocycles. The molecule has 19 heavy (non-hydrogen) atoms. The molecule has 0 unspecified atom stereocenters. The number of halogens is 1. The summed E-state index contributed by atoms with van der Waals surface area (Å²) in [5, 5.41) is 9.74. The number of alkyl halides is 1. The van der Waals surface area contributed by atoms with Crippen molar-refractivity contribution in [3.8, 4) is 5.75 Å². The maximum absolute atomic E-state index is 12.4. The van der Waals surface area contributed by atoms with E-state index >= 15 is 0 Å². The third-order valence-corrected chi connectivity index (χ3v) is 3.58. The zero-order valence-electron chi connectivity index (χ0n) is 10.9. The number of benzene rings is 1. The highest BCUT2D eigenvalue weighted by atomic mass is 35.5. The predicted octanol–water partition coefficient (Wildman–Crippen LogP) is 1.78. The first-order valence-electron chi connectivity index (χ1n) is 6.58. The first-order valence-corrected chi connectivity index (χ1v) is 7.11. The Bertz CT molecular complexity index is 439. The molecule has 1 aliphatic rings. The molecule has 1 aromatic carbocycles. The van der Waals surface area contributed by atoms with Crippen molar-refractivity contribution < 1.29 is 9.90 Å². The number of hydrogen-bond acceptors (Lipinski definition) is 3. The highest BCUT2D eigenvalue weighted by Crippen LogP contribution is 2.18. The second-order valence-corrected chi connectivity index (χ2v) is 5.07.